The van der Waals surface area contributed by atoms with Crippen molar-refractivity contribution >= 4 is 43.1 Å². The molecule has 8 aromatic rings. The molecule has 18 heteroatoms. The second-order valence-corrected chi connectivity index (χ2v) is 52.5. The van der Waals surface area contributed by atoms with E-state index in [0.717, 1.165) is 145 Å². The Labute approximate surface area is 824 Å². The molecule has 0 heterocycles. The van der Waals surface area contributed by atoms with Crippen LogP contribution in [0.1, 0.15) is 413 Å². The fourth-order valence-corrected chi connectivity index (χ4v) is 25.5. The number of hydrogen-bond donors (Lipinski definition) is 0. The maximum Gasteiger partial charge on any atom is 0.422 e. The number of hydrogen-bond acceptors (Lipinski definition) is 12. The van der Waals surface area contributed by atoms with Crippen LogP contribution in [-0.4, -0.2) is 109 Å². The summed E-state index contributed by atoms with van der Waals surface area (Å²) in [4.78, 5) is 0. The highest BCUT2D eigenvalue weighted by Gasteiger charge is 2.54. The van der Waals surface area contributed by atoms with Gasteiger partial charge in [-0.15, -0.1) is 0 Å². The molecule has 0 atom stereocenters. The zero-order chi connectivity index (χ0) is 103. The van der Waals surface area contributed by atoms with Crippen LogP contribution in [0.3, 0.4) is 0 Å². The molecule has 0 aromatic heterocycles. The van der Waals surface area contributed by atoms with Crippen molar-refractivity contribution in [2.24, 2.45) is 0 Å². The Morgan fingerprint density at radius 2 is 0.333 bits per heavy atom. The van der Waals surface area contributed by atoms with Crippen molar-refractivity contribution in [1.29, 1.82) is 0 Å². The third kappa shape index (κ3) is 19.1. The van der Waals surface area contributed by atoms with Crippen molar-refractivity contribution < 1.29 is 83.2 Å². The molecule has 0 spiro atoms. The molecule has 0 radical (unpaired) electrons. The molecule has 8 aromatic carbocycles. The van der Waals surface area contributed by atoms with Crippen LogP contribution in [0.15, 0.2) is 36.4 Å². The molecule has 8 aliphatic rings. The highest BCUT2D eigenvalue weighted by molar-refractivity contribution is 6.08. The minimum atomic E-state index is -4.57. The Kier molecular flexibility index (Phi) is 28.3. The molecular formula is C120H170F6O12. The molecule has 764 valence electrons. The Hall–Kier alpha value is -7.70. The molecule has 0 unspecified atom stereocenters. The van der Waals surface area contributed by atoms with Crippen molar-refractivity contribution in [3.63, 3.8) is 0 Å². The normalized spacial score (nSPS) is 21.7. The van der Waals surface area contributed by atoms with Gasteiger partial charge in [-0.25, -0.2) is 0 Å². The van der Waals surface area contributed by atoms with E-state index in [4.69, 9.17) is 56.8 Å². The third-order valence-electron chi connectivity index (χ3n) is 34.8. The van der Waals surface area contributed by atoms with E-state index in [2.05, 4.69) is 190 Å². The van der Waals surface area contributed by atoms with Gasteiger partial charge in [0.15, 0.2) is 13.2 Å². The van der Waals surface area contributed by atoms with Gasteiger partial charge in [-0.2, -0.15) is 26.3 Å². The van der Waals surface area contributed by atoms with Crippen LogP contribution in [0.5, 0.6) is 57.5 Å². The first-order chi connectivity index (χ1) is 63.3. The van der Waals surface area contributed by atoms with E-state index in [1.807, 2.05) is 81.7 Å². The fourth-order valence-electron chi connectivity index (χ4n) is 25.5. The van der Waals surface area contributed by atoms with Crippen LogP contribution in [0.25, 0.3) is 43.1 Å². The third-order valence-corrected chi connectivity index (χ3v) is 34.8. The topological polar surface area (TPSA) is 111 Å². The Bertz CT molecular complexity index is 5560. The molecule has 0 saturated heterocycles. The van der Waals surface area contributed by atoms with Crippen molar-refractivity contribution in [3.05, 3.63) is 125 Å². The number of ether oxygens (including phenoxy) is 12. The summed E-state index contributed by atoms with van der Waals surface area (Å²) < 4.78 is 154. The number of rotatable bonds is 18. The van der Waals surface area contributed by atoms with Crippen LogP contribution in [-0.2, 0) is 96.1 Å². The van der Waals surface area contributed by atoms with Gasteiger partial charge < -0.3 is 56.8 Å². The maximum absolute atomic E-state index is 13.5. The van der Waals surface area contributed by atoms with Crippen LogP contribution >= 0.6 is 0 Å². The molecule has 8 aliphatic carbocycles. The minimum absolute atomic E-state index is 0.0310. The number of halogens is 6. The molecule has 0 N–H and O–H groups in total. The maximum atomic E-state index is 13.5. The molecule has 0 saturated carbocycles. The summed E-state index contributed by atoms with van der Waals surface area (Å²) >= 11 is 0. The molecule has 138 heavy (non-hydrogen) atoms. The highest BCUT2D eigenvalue weighted by atomic mass is 19.4. The fraction of sp³-hybridized carbons (Fsp3) is 0.667. The van der Waals surface area contributed by atoms with Crippen LogP contribution in [0.4, 0.5) is 26.3 Å². The van der Waals surface area contributed by atoms with Crippen molar-refractivity contribution in [2.75, 3.05) is 96.5 Å². The number of alkyl halides is 6. The second kappa shape index (κ2) is 36.3. The average molecular weight is 1920 g/mol. The zero-order valence-corrected chi connectivity index (χ0v) is 92.2. The quantitative estimate of drug-likeness (QED) is 0.0602. The summed E-state index contributed by atoms with van der Waals surface area (Å²) in [6.07, 6.45) is 7.53. The van der Waals surface area contributed by atoms with Crippen LogP contribution in [0, 0.1) is 0 Å². The van der Waals surface area contributed by atoms with Crippen LogP contribution in [0.2, 0.25) is 0 Å². The molecule has 0 fully saturated rings. The molecule has 12 nitrogen and oxygen atoms in total. The van der Waals surface area contributed by atoms with Gasteiger partial charge in [0.05, 0.1) is 66.6 Å². The van der Waals surface area contributed by atoms with E-state index in [-0.39, 0.29) is 76.5 Å². The lowest BCUT2D eigenvalue weighted by Crippen LogP contribution is -2.36. The van der Waals surface area contributed by atoms with Gasteiger partial charge >= 0.3 is 12.4 Å². The SMILES string of the molecule is CC1(C)CCC(C)(C)c2c1cc1c(OCC(F)(F)F)c3c(cc1c2OCC(F)(F)F)C(C)(C)CCC3(C)C.COCCOc1c2c(cc3c(OCCOC)c4c(cc13)C(C)(C)CCC4(C)C)C(C)(C)CCC2(C)C.COc1c2c(c(OC)c3c(OC)c4c(c(OC)c13)C(C)(C)CCC4(C)C)C(C)(C)CCC2(C)C.COc1c2c(cc3c(OC)c4c(cc13)C(C)(C)CCC4(C)C)C(C)(C)CCC2(C)C. The molecule has 0 amide bonds. The summed E-state index contributed by atoms with van der Waals surface area (Å²) in [5.41, 5.74) is 17.7. The Morgan fingerprint density at radius 3 is 0.493 bits per heavy atom. The first-order valence-corrected chi connectivity index (χ1v) is 51.0. The van der Waals surface area contributed by atoms with Gasteiger partial charge in [-0.3, -0.25) is 0 Å². The lowest BCUT2D eigenvalue weighted by atomic mass is 9.60. The van der Waals surface area contributed by atoms with Gasteiger partial charge in [0, 0.05) is 102 Å². The molecular weight excluding hydrogens is 1750 g/mol. The first kappa shape index (κ1) is 108. The lowest BCUT2D eigenvalue weighted by molar-refractivity contribution is -0.154. The standard InChI is InChI=1S/C32H48O4.C30H38F6O2.C30H44O4.C28H40O2/c1-29(2)11-13-31(5,6)25-23(29)19-21-22(27(25)35-17-15-33-9)20-24-26(28(21)36-18-16-34-10)32(7,8)14-12-30(24,3)4;1-25(2)9-11-27(5,6)21-19(25)13-17-18(23(21)37-15-29(31,32)33)14-20-22(24(17)38-16-30(34,35)36)28(7,8)12-10-26(20,3)4;1-27(2)13-14-28(3,4)20-19(27)23(31-9)17-18(24(20)32-10)26(34-12)22-21(25(17)33-11)29(5,6)15-16-30(22,7)8;1-25(2)11-13-27(5,6)21-19(25)15-17-18(23(21)29-9)16-20-22(24(17)30-10)28(7,8)14-12-26(20,3)4/h19-20H,11-18H2,1-10H3;13-14H,9-12,15-16H2,1-8H3;13-16H2,1-12H3;15-16H,11-14H2,1-10H3. The van der Waals surface area contributed by atoms with Gasteiger partial charge in [-0.05, 0) is 259 Å². The summed E-state index contributed by atoms with van der Waals surface area (Å²) in [6, 6.07) is 13.5. The summed E-state index contributed by atoms with van der Waals surface area (Å²) in [6.45, 7) is 71.8. The monoisotopic (exact) mass is 1920 g/mol. The first-order valence-electron chi connectivity index (χ1n) is 51.0. The van der Waals surface area contributed by atoms with E-state index in [9.17, 15) is 26.3 Å². The number of methoxy groups -OCH3 is 8. The summed E-state index contributed by atoms with van der Waals surface area (Å²) in [5, 5.41) is 7.48. The van der Waals surface area contributed by atoms with E-state index in [1.165, 1.54) is 114 Å². The predicted octanol–water partition coefficient (Wildman–Crippen LogP) is 32.1. The van der Waals surface area contributed by atoms with Crippen molar-refractivity contribution in [2.45, 2.75) is 423 Å². The Morgan fingerprint density at radius 1 is 0.188 bits per heavy atom. The summed E-state index contributed by atoms with van der Waals surface area (Å²) in [5.74, 6) is 7.98. The molecule has 0 aliphatic heterocycles. The number of fused-ring (bicyclic) bond motifs is 12. The van der Waals surface area contributed by atoms with Gasteiger partial charge in [0.25, 0.3) is 0 Å². The van der Waals surface area contributed by atoms with E-state index < -0.39 is 47.2 Å². The van der Waals surface area contributed by atoms with E-state index in [1.54, 1.807) is 42.7 Å². The lowest BCUT2D eigenvalue weighted by Gasteiger charge is -2.46. The predicted molar refractivity (Wildman–Crippen MR) is 555 cm³/mol. The average Bonchev–Trinajstić information content (AvgIpc) is 0.696. The highest BCUT2D eigenvalue weighted by Crippen LogP contribution is 2.67. The molecule has 16 rings (SSSR count). The minimum Gasteiger partial charge on any atom is -0.496 e. The second-order valence-electron chi connectivity index (χ2n) is 52.5. The smallest absolute Gasteiger partial charge is 0.422 e. The molecule has 0 bridgehead atoms. The van der Waals surface area contributed by atoms with Crippen molar-refractivity contribution in [3.8, 4) is 57.5 Å². The van der Waals surface area contributed by atoms with Gasteiger partial charge in [0.1, 0.15) is 70.7 Å². The van der Waals surface area contributed by atoms with Gasteiger partial charge in [0.2, 0.25) is 0 Å². The Balaban J connectivity index is 0.000000156. The van der Waals surface area contributed by atoms with E-state index in [0.29, 0.717) is 48.3 Å². The zero-order valence-electron chi connectivity index (χ0n) is 92.2. The van der Waals surface area contributed by atoms with Crippen molar-refractivity contribution in [1.82, 2.24) is 0 Å². The largest absolute Gasteiger partial charge is 0.496 e. The number of benzene rings is 8. The van der Waals surface area contributed by atoms with E-state index >= 15 is 0 Å². The summed E-state index contributed by atoms with van der Waals surface area (Å²) in [7, 11) is 14.3. The van der Waals surface area contributed by atoms with Crippen LogP contribution < -0.4 is 47.4 Å². The van der Waals surface area contributed by atoms with Gasteiger partial charge in [-0.1, -0.05) is 222 Å².